The molecule has 0 saturated heterocycles. The Bertz CT molecular complexity index is 1350. The highest BCUT2D eigenvalue weighted by molar-refractivity contribution is 5.96. The molecule has 1 amide bonds. The molecule has 0 bridgehead atoms. The summed E-state index contributed by atoms with van der Waals surface area (Å²) in [6.45, 7) is 0.458. The molecule has 176 valence electrons. The van der Waals surface area contributed by atoms with Crippen LogP contribution in [-0.2, 0) is 12.0 Å². The van der Waals surface area contributed by atoms with Gasteiger partial charge in [-0.15, -0.1) is 0 Å². The van der Waals surface area contributed by atoms with Crippen molar-refractivity contribution in [2.24, 2.45) is 0 Å². The van der Waals surface area contributed by atoms with Crippen molar-refractivity contribution in [3.63, 3.8) is 0 Å². The Labute approximate surface area is 206 Å². The van der Waals surface area contributed by atoms with E-state index in [1.54, 1.807) is 6.20 Å². The lowest BCUT2D eigenvalue weighted by molar-refractivity contribution is 0.0948. The number of nitrogens with one attached hydrogen (secondary N) is 2. The summed E-state index contributed by atoms with van der Waals surface area (Å²) in [7, 11) is 0. The Kier molecular flexibility index (Phi) is 5.69. The third-order valence-electron chi connectivity index (χ3n) is 7.50. The Balaban J connectivity index is 1.36. The van der Waals surface area contributed by atoms with E-state index in [1.807, 2.05) is 24.3 Å². The van der Waals surface area contributed by atoms with E-state index in [2.05, 4.69) is 64.1 Å². The van der Waals surface area contributed by atoms with E-state index in [1.165, 1.54) is 10.9 Å². The Morgan fingerprint density at radius 3 is 2.46 bits per heavy atom. The van der Waals surface area contributed by atoms with Crippen molar-refractivity contribution < 1.29 is 4.79 Å². The third kappa shape index (κ3) is 4.27. The summed E-state index contributed by atoms with van der Waals surface area (Å²) in [5, 5.41) is 8.95. The molecule has 5 nitrogen and oxygen atoms in total. The second-order valence-corrected chi connectivity index (χ2v) is 9.85. The molecule has 1 heterocycles. The third-order valence-corrected chi connectivity index (χ3v) is 7.50. The van der Waals surface area contributed by atoms with Crippen molar-refractivity contribution in [2.75, 3.05) is 5.32 Å². The van der Waals surface area contributed by atoms with Crippen LogP contribution in [0.4, 0.5) is 5.95 Å². The van der Waals surface area contributed by atoms with Gasteiger partial charge in [-0.3, -0.25) is 4.79 Å². The fourth-order valence-corrected chi connectivity index (χ4v) is 5.51. The molecule has 2 aliphatic rings. The van der Waals surface area contributed by atoms with Gasteiger partial charge in [-0.2, -0.15) is 0 Å². The fraction of sp³-hybridized carbons (Fsp3) is 0.300. The Morgan fingerprint density at radius 2 is 1.66 bits per heavy atom. The summed E-state index contributed by atoms with van der Waals surface area (Å²) < 4.78 is 0. The van der Waals surface area contributed by atoms with Crippen LogP contribution in [-0.4, -0.2) is 21.9 Å². The average Bonchev–Trinajstić information content (AvgIpc) is 3.58. The van der Waals surface area contributed by atoms with Gasteiger partial charge in [0.2, 0.25) is 5.95 Å². The topological polar surface area (TPSA) is 66.9 Å². The molecule has 4 aromatic rings. The second-order valence-electron chi connectivity index (χ2n) is 9.85. The van der Waals surface area contributed by atoms with Gasteiger partial charge < -0.3 is 10.6 Å². The molecular weight excluding hydrogens is 432 g/mol. The van der Waals surface area contributed by atoms with Gasteiger partial charge in [-0.25, -0.2) is 9.97 Å². The van der Waals surface area contributed by atoms with Gasteiger partial charge in [0, 0.05) is 24.2 Å². The van der Waals surface area contributed by atoms with Crippen molar-refractivity contribution >= 4 is 22.6 Å². The van der Waals surface area contributed by atoms with E-state index in [9.17, 15) is 4.79 Å². The molecule has 3 aromatic carbocycles. The van der Waals surface area contributed by atoms with Crippen LogP contribution in [0, 0.1) is 0 Å². The number of benzene rings is 3. The van der Waals surface area contributed by atoms with Gasteiger partial charge in [-0.1, -0.05) is 85.6 Å². The number of hydrogen-bond donors (Lipinski definition) is 2. The standard InChI is InChI=1S/C30H30N4O/c35-28(31-19-22-11-8-10-21-9-4-5-14-25(21)22)26-20-32-29(33-24-15-16-24)34-27(26)30(17-6-7-18-30)23-12-2-1-3-13-23/h1-5,8-14,20,24H,6-7,15-19H2,(H,31,35)(H,32,33,34). The predicted molar refractivity (Wildman–Crippen MR) is 139 cm³/mol. The minimum absolute atomic E-state index is 0.117. The first-order chi connectivity index (χ1) is 17.2. The maximum atomic E-state index is 13.6. The van der Waals surface area contributed by atoms with Gasteiger partial charge in [0.05, 0.1) is 11.3 Å². The number of aromatic nitrogens is 2. The van der Waals surface area contributed by atoms with Crippen LogP contribution in [0.2, 0.25) is 0 Å². The summed E-state index contributed by atoms with van der Waals surface area (Å²) >= 11 is 0. The normalized spacial score (nSPS) is 16.8. The van der Waals surface area contributed by atoms with Crippen molar-refractivity contribution in [3.05, 3.63) is 101 Å². The molecule has 0 radical (unpaired) electrons. The van der Waals surface area contributed by atoms with E-state index in [-0.39, 0.29) is 11.3 Å². The molecule has 0 aliphatic heterocycles. The second kappa shape index (κ2) is 9.14. The van der Waals surface area contributed by atoms with Crippen molar-refractivity contribution in [2.45, 2.75) is 56.5 Å². The first-order valence-electron chi connectivity index (χ1n) is 12.7. The van der Waals surface area contributed by atoms with E-state index < -0.39 is 0 Å². The number of fused-ring (bicyclic) bond motifs is 1. The minimum Gasteiger partial charge on any atom is -0.351 e. The van der Waals surface area contributed by atoms with Crippen molar-refractivity contribution in [1.82, 2.24) is 15.3 Å². The summed E-state index contributed by atoms with van der Waals surface area (Å²) in [4.78, 5) is 23.2. The lowest BCUT2D eigenvalue weighted by Gasteiger charge is -2.31. The first kappa shape index (κ1) is 21.8. The number of anilines is 1. The molecule has 5 heteroatoms. The molecule has 6 rings (SSSR count). The maximum absolute atomic E-state index is 13.6. The SMILES string of the molecule is O=C(NCc1cccc2ccccc12)c1cnc(NC2CC2)nc1C1(c2ccccc2)CCCC1. The Hall–Kier alpha value is -3.73. The molecule has 0 unspecified atom stereocenters. The highest BCUT2D eigenvalue weighted by atomic mass is 16.1. The maximum Gasteiger partial charge on any atom is 0.255 e. The van der Waals surface area contributed by atoms with Gasteiger partial charge >= 0.3 is 0 Å². The van der Waals surface area contributed by atoms with Crippen LogP contribution < -0.4 is 10.6 Å². The highest BCUT2D eigenvalue weighted by Gasteiger charge is 2.42. The molecule has 2 saturated carbocycles. The molecule has 1 aromatic heterocycles. The Morgan fingerprint density at radius 1 is 0.914 bits per heavy atom. The summed E-state index contributed by atoms with van der Waals surface area (Å²) in [6, 6.07) is 25.5. The predicted octanol–water partition coefficient (Wildman–Crippen LogP) is 5.99. The molecule has 2 aliphatic carbocycles. The van der Waals surface area contributed by atoms with Crippen LogP contribution in [0.5, 0.6) is 0 Å². The summed E-state index contributed by atoms with van der Waals surface area (Å²) in [5.41, 5.74) is 3.50. The number of amides is 1. The minimum atomic E-state index is -0.268. The zero-order valence-electron chi connectivity index (χ0n) is 19.8. The van der Waals surface area contributed by atoms with Gasteiger partial charge in [0.25, 0.3) is 5.91 Å². The van der Waals surface area contributed by atoms with E-state index >= 15 is 0 Å². The van der Waals surface area contributed by atoms with Crippen molar-refractivity contribution in [1.29, 1.82) is 0 Å². The molecule has 2 fully saturated rings. The van der Waals surface area contributed by atoms with Gasteiger partial charge in [0.15, 0.2) is 0 Å². The summed E-state index contributed by atoms with van der Waals surface area (Å²) in [5.74, 6) is 0.517. The van der Waals surface area contributed by atoms with Gasteiger partial charge in [0.1, 0.15) is 0 Å². The molecule has 2 N–H and O–H groups in total. The zero-order valence-corrected chi connectivity index (χ0v) is 19.8. The van der Waals surface area contributed by atoms with Gasteiger partial charge in [-0.05, 0) is 47.6 Å². The quantitative estimate of drug-likeness (QED) is 0.354. The van der Waals surface area contributed by atoms with Crippen LogP contribution in [0.3, 0.4) is 0 Å². The molecule has 0 atom stereocenters. The molecular formula is C30H30N4O. The summed E-state index contributed by atoms with van der Waals surface area (Å²) in [6.07, 6.45) is 8.25. The number of nitrogens with zero attached hydrogens (tertiary/aromatic N) is 2. The van der Waals surface area contributed by atoms with Crippen molar-refractivity contribution in [3.8, 4) is 0 Å². The number of rotatable bonds is 7. The molecule has 0 spiro atoms. The number of carbonyl (C=O) groups excluding carboxylic acids is 1. The van der Waals surface area contributed by atoms with Crippen LogP contribution >= 0.6 is 0 Å². The number of hydrogen-bond acceptors (Lipinski definition) is 4. The van der Waals surface area contributed by atoms with Crippen LogP contribution in [0.25, 0.3) is 10.8 Å². The number of carbonyl (C=O) groups is 1. The van der Waals surface area contributed by atoms with E-state index in [0.717, 1.165) is 55.2 Å². The average molecular weight is 463 g/mol. The zero-order chi connectivity index (χ0) is 23.7. The van der Waals surface area contributed by atoms with Crippen LogP contribution in [0.15, 0.2) is 79.0 Å². The lowest BCUT2D eigenvalue weighted by Crippen LogP contribution is -2.32. The van der Waals surface area contributed by atoms with Crippen LogP contribution in [0.1, 0.15) is 65.7 Å². The molecule has 35 heavy (non-hydrogen) atoms. The highest BCUT2D eigenvalue weighted by Crippen LogP contribution is 2.47. The monoisotopic (exact) mass is 462 g/mol. The first-order valence-corrected chi connectivity index (χ1v) is 12.7. The smallest absolute Gasteiger partial charge is 0.255 e. The fourth-order valence-electron chi connectivity index (χ4n) is 5.51. The van der Waals surface area contributed by atoms with E-state index in [0.29, 0.717) is 24.1 Å². The largest absolute Gasteiger partial charge is 0.351 e. The van der Waals surface area contributed by atoms with E-state index in [4.69, 9.17) is 4.98 Å². The lowest BCUT2D eigenvalue weighted by atomic mass is 9.74.